The number of benzene rings is 1. The van der Waals surface area contributed by atoms with Crippen LogP contribution in [0.4, 0.5) is 11.6 Å². The molecule has 4 rings (SSSR count). The van der Waals surface area contributed by atoms with Crippen molar-refractivity contribution in [3.05, 3.63) is 53.4 Å². The number of aryl methyl sites for hydroxylation is 1. The Hall–Kier alpha value is -2.84. The molecule has 2 aromatic heterocycles. The van der Waals surface area contributed by atoms with E-state index in [1.54, 1.807) is 6.20 Å². The highest BCUT2D eigenvalue weighted by Crippen LogP contribution is 2.43. The van der Waals surface area contributed by atoms with E-state index in [1.165, 1.54) is 11.3 Å². The normalized spacial score (nSPS) is 19.7. The first-order chi connectivity index (χ1) is 16.9. The maximum atomic E-state index is 12.3. The molecule has 3 aromatic rings. The van der Waals surface area contributed by atoms with Gasteiger partial charge >= 0.3 is 5.97 Å². The average Bonchev–Trinajstić information content (AvgIpc) is 3.36. The summed E-state index contributed by atoms with van der Waals surface area (Å²) in [5, 5.41) is 15.4. The van der Waals surface area contributed by atoms with Crippen LogP contribution in [0.3, 0.4) is 0 Å². The molecular weight excluding hydrogens is 460 g/mol. The van der Waals surface area contributed by atoms with E-state index < -0.39 is 5.60 Å². The van der Waals surface area contributed by atoms with Crippen molar-refractivity contribution in [1.82, 2.24) is 15.0 Å². The van der Waals surface area contributed by atoms with Crippen molar-refractivity contribution >= 4 is 28.9 Å². The number of anilines is 2. The summed E-state index contributed by atoms with van der Waals surface area (Å²) in [6, 6.07) is 9.87. The lowest BCUT2D eigenvalue weighted by Gasteiger charge is -2.36. The minimum atomic E-state index is -1.04. The van der Waals surface area contributed by atoms with Gasteiger partial charge in [0.05, 0.1) is 17.4 Å². The van der Waals surface area contributed by atoms with E-state index in [-0.39, 0.29) is 17.8 Å². The Morgan fingerprint density at radius 3 is 2.77 bits per heavy atom. The van der Waals surface area contributed by atoms with Gasteiger partial charge in [-0.25, -0.2) is 15.0 Å². The van der Waals surface area contributed by atoms with Gasteiger partial charge in [-0.3, -0.25) is 4.79 Å². The van der Waals surface area contributed by atoms with Crippen LogP contribution in [-0.2, 0) is 15.1 Å². The van der Waals surface area contributed by atoms with Crippen LogP contribution < -0.4 is 5.32 Å². The van der Waals surface area contributed by atoms with Gasteiger partial charge in [0, 0.05) is 23.8 Å². The first kappa shape index (κ1) is 25.3. The smallest absolute Gasteiger partial charge is 0.308 e. The summed E-state index contributed by atoms with van der Waals surface area (Å²) in [5.74, 6) is 0.476. The van der Waals surface area contributed by atoms with Crippen molar-refractivity contribution in [2.24, 2.45) is 11.8 Å². The quantitative estimate of drug-likeness (QED) is 0.278. The average molecular weight is 495 g/mol. The number of ether oxygens (including phenoxy) is 1. The third-order valence-electron chi connectivity index (χ3n) is 6.73. The molecule has 35 heavy (non-hydrogen) atoms. The summed E-state index contributed by atoms with van der Waals surface area (Å²) < 4.78 is 5.41. The predicted octanol–water partition coefficient (Wildman–Crippen LogP) is 6.01. The van der Waals surface area contributed by atoms with Crippen LogP contribution in [0.1, 0.15) is 63.1 Å². The molecule has 0 spiro atoms. The molecule has 186 valence electrons. The lowest BCUT2D eigenvalue weighted by Crippen LogP contribution is -2.36. The molecule has 8 heteroatoms. The number of rotatable bonds is 9. The number of nitrogens with zero attached hydrogens (tertiary/aromatic N) is 3. The molecule has 1 aliphatic rings. The van der Waals surface area contributed by atoms with Gasteiger partial charge in [-0.05, 0) is 75.6 Å². The monoisotopic (exact) mass is 494 g/mol. The van der Waals surface area contributed by atoms with Crippen molar-refractivity contribution in [3.8, 4) is 10.4 Å². The standard InChI is InChI=1S/C27H34N4O3S/c1-4-5-15-34-24(32)19-9-11-21(12-10-19)27(3,33)25-29-17-23(35-25)20-7-6-8-22(16-20)31-26-28-14-13-18(2)30-26/h6-8,13-14,16-17,19,21,33H,4-5,9-12,15H2,1-3H3,(H,28,30,31). The molecule has 7 nitrogen and oxygen atoms in total. The second-order valence-electron chi connectivity index (χ2n) is 9.47. The number of esters is 1. The van der Waals surface area contributed by atoms with Gasteiger partial charge in [-0.1, -0.05) is 25.5 Å². The lowest BCUT2D eigenvalue weighted by molar-refractivity contribution is -0.151. The fraction of sp³-hybridized carbons (Fsp3) is 0.481. The van der Waals surface area contributed by atoms with E-state index in [9.17, 15) is 9.90 Å². The van der Waals surface area contributed by atoms with E-state index in [1.807, 2.05) is 50.4 Å². The zero-order valence-electron chi connectivity index (χ0n) is 20.7. The zero-order valence-corrected chi connectivity index (χ0v) is 21.5. The number of aliphatic hydroxyl groups is 1. The molecule has 1 fully saturated rings. The molecule has 1 saturated carbocycles. The van der Waals surface area contributed by atoms with Crippen LogP contribution in [0.15, 0.2) is 42.7 Å². The summed E-state index contributed by atoms with van der Waals surface area (Å²) in [6.07, 6.45) is 8.54. The van der Waals surface area contributed by atoms with Gasteiger partial charge < -0.3 is 15.2 Å². The molecular formula is C27H34N4O3S. The van der Waals surface area contributed by atoms with Gasteiger partial charge in [0.25, 0.3) is 0 Å². The summed E-state index contributed by atoms with van der Waals surface area (Å²) in [6.45, 7) is 6.37. The van der Waals surface area contributed by atoms with Crippen LogP contribution in [0.2, 0.25) is 0 Å². The van der Waals surface area contributed by atoms with Gasteiger partial charge in [0.1, 0.15) is 10.6 Å². The topological polar surface area (TPSA) is 97.2 Å². The fourth-order valence-electron chi connectivity index (χ4n) is 4.53. The first-order valence-electron chi connectivity index (χ1n) is 12.4. The first-order valence-corrected chi connectivity index (χ1v) is 13.2. The fourth-order valence-corrected chi connectivity index (χ4v) is 5.57. The van der Waals surface area contributed by atoms with E-state index in [0.29, 0.717) is 17.6 Å². The Morgan fingerprint density at radius 1 is 1.23 bits per heavy atom. The highest BCUT2D eigenvalue weighted by molar-refractivity contribution is 7.15. The summed E-state index contributed by atoms with van der Waals surface area (Å²) in [5.41, 5.74) is 1.76. The molecule has 0 bridgehead atoms. The van der Waals surface area contributed by atoms with Crippen LogP contribution in [0.25, 0.3) is 10.4 Å². The molecule has 2 heterocycles. The van der Waals surface area contributed by atoms with Gasteiger partial charge in [0.15, 0.2) is 0 Å². The van der Waals surface area contributed by atoms with Crippen LogP contribution in [-0.4, -0.2) is 32.6 Å². The molecule has 1 aromatic carbocycles. The van der Waals surface area contributed by atoms with Crippen LogP contribution >= 0.6 is 11.3 Å². The van der Waals surface area contributed by atoms with E-state index >= 15 is 0 Å². The Balaban J connectivity index is 1.40. The molecule has 0 aliphatic heterocycles. The third kappa shape index (κ3) is 6.24. The van der Waals surface area contributed by atoms with Crippen LogP contribution in [0.5, 0.6) is 0 Å². The van der Waals surface area contributed by atoms with E-state index in [4.69, 9.17) is 4.74 Å². The van der Waals surface area contributed by atoms with Gasteiger partial charge in [-0.15, -0.1) is 11.3 Å². The van der Waals surface area contributed by atoms with Crippen molar-refractivity contribution in [3.63, 3.8) is 0 Å². The number of unbranched alkanes of at least 4 members (excludes halogenated alkanes) is 1. The predicted molar refractivity (Wildman–Crippen MR) is 138 cm³/mol. The highest BCUT2D eigenvalue weighted by Gasteiger charge is 2.40. The number of hydrogen-bond acceptors (Lipinski definition) is 8. The maximum absolute atomic E-state index is 12.3. The second-order valence-corrected chi connectivity index (χ2v) is 10.5. The Labute approximate surface area is 211 Å². The molecule has 1 aliphatic carbocycles. The number of hydrogen-bond donors (Lipinski definition) is 2. The Bertz CT molecular complexity index is 1140. The Kier molecular flexibility index (Phi) is 8.13. The van der Waals surface area contributed by atoms with Gasteiger partial charge in [-0.2, -0.15) is 0 Å². The SMILES string of the molecule is CCCCOC(=O)C1CCC(C(C)(O)c2ncc(-c3cccc(Nc4nccc(C)n4)c3)s2)CC1. The largest absolute Gasteiger partial charge is 0.465 e. The molecule has 1 unspecified atom stereocenters. The van der Waals surface area contributed by atoms with Crippen molar-refractivity contribution in [1.29, 1.82) is 0 Å². The number of thiazole rings is 1. The number of aromatic nitrogens is 3. The van der Waals surface area contributed by atoms with Gasteiger partial charge in [0.2, 0.25) is 5.95 Å². The summed E-state index contributed by atoms with van der Waals surface area (Å²) in [4.78, 5) is 26.6. The van der Waals surface area contributed by atoms with E-state index in [2.05, 4.69) is 27.2 Å². The van der Waals surface area contributed by atoms with Crippen LogP contribution in [0, 0.1) is 18.8 Å². The third-order valence-corrected chi connectivity index (χ3v) is 8.01. The number of carbonyl (C=O) groups excluding carboxylic acids is 1. The molecule has 0 radical (unpaired) electrons. The maximum Gasteiger partial charge on any atom is 0.308 e. The highest BCUT2D eigenvalue weighted by atomic mass is 32.1. The lowest BCUT2D eigenvalue weighted by atomic mass is 9.74. The molecule has 0 saturated heterocycles. The summed E-state index contributed by atoms with van der Waals surface area (Å²) in [7, 11) is 0. The summed E-state index contributed by atoms with van der Waals surface area (Å²) >= 11 is 1.51. The number of carbonyl (C=O) groups is 1. The van der Waals surface area contributed by atoms with Crippen molar-refractivity contribution < 1.29 is 14.6 Å². The minimum Gasteiger partial charge on any atom is -0.465 e. The molecule has 2 N–H and O–H groups in total. The van der Waals surface area contributed by atoms with Crippen molar-refractivity contribution in [2.75, 3.05) is 11.9 Å². The number of nitrogens with one attached hydrogen (secondary N) is 1. The molecule has 1 atom stereocenters. The zero-order chi connectivity index (χ0) is 24.8. The van der Waals surface area contributed by atoms with Crippen molar-refractivity contribution in [2.45, 2.75) is 64.9 Å². The molecule has 0 amide bonds. The van der Waals surface area contributed by atoms with E-state index in [0.717, 1.165) is 60.3 Å². The Morgan fingerprint density at radius 2 is 2.03 bits per heavy atom. The second kappa shape index (κ2) is 11.3. The minimum absolute atomic E-state index is 0.0571.